The van der Waals surface area contributed by atoms with Gasteiger partial charge >= 0.3 is 6.03 Å². The van der Waals surface area contributed by atoms with Crippen molar-refractivity contribution in [1.29, 1.82) is 0 Å². The average Bonchev–Trinajstić information content (AvgIpc) is 3.00. The van der Waals surface area contributed by atoms with Crippen molar-refractivity contribution in [2.75, 3.05) is 6.54 Å². The van der Waals surface area contributed by atoms with Crippen LogP contribution in [0.25, 0.3) is 0 Å². The first kappa shape index (κ1) is 17.1. The van der Waals surface area contributed by atoms with Crippen molar-refractivity contribution in [1.82, 2.24) is 25.4 Å². The van der Waals surface area contributed by atoms with Crippen LogP contribution in [0.2, 0.25) is 5.02 Å². The van der Waals surface area contributed by atoms with Crippen LogP contribution in [0.5, 0.6) is 5.75 Å². The molecule has 8 heteroatoms. The highest BCUT2D eigenvalue weighted by atomic mass is 35.5. The van der Waals surface area contributed by atoms with E-state index in [0.29, 0.717) is 23.9 Å². The van der Waals surface area contributed by atoms with Crippen LogP contribution in [0.1, 0.15) is 13.8 Å². The largest absolute Gasteiger partial charge is 0.487 e. The van der Waals surface area contributed by atoms with Crippen molar-refractivity contribution in [3.8, 4) is 5.75 Å². The molecule has 0 spiro atoms. The van der Waals surface area contributed by atoms with Gasteiger partial charge in [0, 0.05) is 6.04 Å². The lowest BCUT2D eigenvalue weighted by Crippen LogP contribution is -2.45. The van der Waals surface area contributed by atoms with Crippen molar-refractivity contribution in [3.63, 3.8) is 0 Å². The van der Waals surface area contributed by atoms with E-state index in [9.17, 15) is 4.79 Å². The lowest BCUT2D eigenvalue weighted by Gasteiger charge is -2.18. The first-order valence-electron chi connectivity index (χ1n) is 7.32. The number of aromatic nitrogens is 3. The third-order valence-corrected chi connectivity index (χ3v) is 3.33. The zero-order valence-corrected chi connectivity index (χ0v) is 13.8. The SMILES string of the molecule is CC(Cn1cncn1)NC(=O)NCC(C)Oc1ccccc1Cl. The number of hydrogen-bond acceptors (Lipinski definition) is 4. The van der Waals surface area contributed by atoms with Crippen molar-refractivity contribution in [3.05, 3.63) is 41.9 Å². The lowest BCUT2D eigenvalue weighted by molar-refractivity contribution is 0.206. The van der Waals surface area contributed by atoms with Gasteiger partial charge in [-0.15, -0.1) is 0 Å². The molecule has 0 aliphatic heterocycles. The Hall–Kier alpha value is -2.28. The molecule has 0 fully saturated rings. The molecule has 0 bridgehead atoms. The third-order valence-electron chi connectivity index (χ3n) is 3.02. The Morgan fingerprint density at radius 3 is 2.87 bits per heavy atom. The summed E-state index contributed by atoms with van der Waals surface area (Å²) in [4.78, 5) is 15.7. The Morgan fingerprint density at radius 2 is 2.17 bits per heavy atom. The predicted octanol–water partition coefficient (Wildman–Crippen LogP) is 2.09. The number of urea groups is 1. The molecule has 0 aliphatic rings. The van der Waals surface area contributed by atoms with Crippen LogP contribution in [0.4, 0.5) is 4.79 Å². The smallest absolute Gasteiger partial charge is 0.315 e. The van der Waals surface area contributed by atoms with Gasteiger partial charge < -0.3 is 15.4 Å². The number of ether oxygens (including phenoxy) is 1. The minimum Gasteiger partial charge on any atom is -0.487 e. The molecule has 1 heterocycles. The third kappa shape index (κ3) is 5.78. The van der Waals surface area contributed by atoms with Crippen molar-refractivity contribution in [2.45, 2.75) is 32.5 Å². The molecular weight excluding hydrogens is 318 g/mol. The standard InChI is InChI=1S/C15H20ClN5O2/c1-11(8-21-10-17-9-19-21)20-15(22)18-7-12(2)23-14-6-4-3-5-13(14)16/h3-6,9-12H,7-8H2,1-2H3,(H2,18,20,22). The number of carbonyl (C=O) groups is 1. The van der Waals surface area contributed by atoms with Crippen LogP contribution < -0.4 is 15.4 Å². The van der Waals surface area contributed by atoms with E-state index in [-0.39, 0.29) is 18.2 Å². The number of benzene rings is 1. The molecule has 23 heavy (non-hydrogen) atoms. The number of halogens is 1. The summed E-state index contributed by atoms with van der Waals surface area (Å²) in [6.45, 7) is 4.68. The fraction of sp³-hybridized carbons (Fsp3) is 0.400. The summed E-state index contributed by atoms with van der Waals surface area (Å²) in [5.74, 6) is 0.600. The van der Waals surface area contributed by atoms with Crippen LogP contribution in [0.15, 0.2) is 36.9 Å². The lowest BCUT2D eigenvalue weighted by atomic mass is 10.3. The van der Waals surface area contributed by atoms with Gasteiger partial charge in [-0.3, -0.25) is 4.68 Å². The van der Waals surface area contributed by atoms with Gasteiger partial charge in [0.05, 0.1) is 18.1 Å². The number of carbonyl (C=O) groups excluding carboxylic acids is 1. The highest BCUT2D eigenvalue weighted by Gasteiger charge is 2.11. The van der Waals surface area contributed by atoms with Crippen LogP contribution in [-0.2, 0) is 6.54 Å². The molecule has 7 nitrogen and oxygen atoms in total. The van der Waals surface area contributed by atoms with Gasteiger partial charge in [-0.25, -0.2) is 9.78 Å². The minimum absolute atomic E-state index is 0.0727. The van der Waals surface area contributed by atoms with Crippen LogP contribution >= 0.6 is 11.6 Å². The van der Waals surface area contributed by atoms with Crippen molar-refractivity contribution in [2.24, 2.45) is 0 Å². The molecule has 0 aliphatic carbocycles. The van der Waals surface area contributed by atoms with E-state index >= 15 is 0 Å². The first-order valence-corrected chi connectivity index (χ1v) is 7.70. The topological polar surface area (TPSA) is 81.1 Å². The van der Waals surface area contributed by atoms with Gasteiger partial charge in [0.2, 0.25) is 0 Å². The van der Waals surface area contributed by atoms with Gasteiger partial charge in [-0.2, -0.15) is 5.10 Å². The average molecular weight is 338 g/mol. The Labute approximate surface area is 140 Å². The molecule has 2 unspecified atom stereocenters. The highest BCUT2D eigenvalue weighted by molar-refractivity contribution is 6.32. The van der Waals surface area contributed by atoms with E-state index in [4.69, 9.17) is 16.3 Å². The monoisotopic (exact) mass is 337 g/mol. The zero-order valence-electron chi connectivity index (χ0n) is 13.1. The number of rotatable bonds is 7. The summed E-state index contributed by atoms with van der Waals surface area (Å²) < 4.78 is 7.35. The van der Waals surface area contributed by atoms with Gasteiger partial charge in [0.15, 0.2) is 0 Å². The summed E-state index contributed by atoms with van der Waals surface area (Å²) in [6, 6.07) is 6.90. The second kappa shape index (κ2) is 8.38. The molecule has 1 aromatic heterocycles. The van der Waals surface area contributed by atoms with Crippen LogP contribution in [0, 0.1) is 0 Å². The summed E-state index contributed by atoms with van der Waals surface area (Å²) in [6.07, 6.45) is 2.86. The summed E-state index contributed by atoms with van der Waals surface area (Å²) in [5.41, 5.74) is 0. The van der Waals surface area contributed by atoms with E-state index in [0.717, 1.165) is 0 Å². The van der Waals surface area contributed by atoms with Crippen LogP contribution in [-0.4, -0.2) is 39.5 Å². The second-order valence-electron chi connectivity index (χ2n) is 5.23. The normalized spacial score (nSPS) is 13.2. The number of nitrogens with zero attached hydrogens (tertiary/aromatic N) is 3. The van der Waals surface area contributed by atoms with E-state index in [2.05, 4.69) is 20.7 Å². The summed E-state index contributed by atoms with van der Waals surface area (Å²) in [5, 5.41) is 10.1. The fourth-order valence-electron chi connectivity index (χ4n) is 1.96. The molecule has 0 saturated heterocycles. The van der Waals surface area contributed by atoms with Crippen LogP contribution in [0.3, 0.4) is 0 Å². The molecule has 1 aromatic carbocycles. The van der Waals surface area contributed by atoms with Gasteiger partial charge in [0.1, 0.15) is 24.5 Å². The number of amides is 2. The second-order valence-corrected chi connectivity index (χ2v) is 5.64. The van der Waals surface area contributed by atoms with Crippen molar-refractivity contribution < 1.29 is 9.53 Å². The maximum absolute atomic E-state index is 11.9. The van der Waals surface area contributed by atoms with E-state index in [1.165, 1.54) is 6.33 Å². The molecular formula is C15H20ClN5O2. The van der Waals surface area contributed by atoms with Gasteiger partial charge in [-0.05, 0) is 26.0 Å². The summed E-state index contributed by atoms with van der Waals surface area (Å²) >= 11 is 6.03. The van der Waals surface area contributed by atoms with E-state index < -0.39 is 0 Å². The minimum atomic E-state index is -0.257. The maximum Gasteiger partial charge on any atom is 0.315 e. The number of hydrogen-bond donors (Lipinski definition) is 2. The Kier molecular flexibility index (Phi) is 6.22. The molecule has 2 amide bonds. The quantitative estimate of drug-likeness (QED) is 0.810. The van der Waals surface area contributed by atoms with Gasteiger partial charge in [-0.1, -0.05) is 23.7 Å². The number of para-hydroxylation sites is 1. The Balaban J connectivity index is 1.70. The predicted molar refractivity (Wildman–Crippen MR) is 87.6 cm³/mol. The molecule has 0 radical (unpaired) electrons. The fourth-order valence-corrected chi connectivity index (χ4v) is 2.14. The molecule has 124 valence electrons. The molecule has 2 atom stereocenters. The molecule has 2 aromatic rings. The zero-order chi connectivity index (χ0) is 16.7. The number of nitrogens with one attached hydrogen (secondary N) is 2. The summed E-state index contributed by atoms with van der Waals surface area (Å²) in [7, 11) is 0. The first-order chi connectivity index (χ1) is 11.0. The molecule has 0 saturated carbocycles. The molecule has 2 N–H and O–H groups in total. The maximum atomic E-state index is 11.9. The molecule has 2 rings (SSSR count). The van der Waals surface area contributed by atoms with Gasteiger partial charge in [0.25, 0.3) is 0 Å². The van der Waals surface area contributed by atoms with Crippen molar-refractivity contribution >= 4 is 17.6 Å². The Morgan fingerprint density at radius 1 is 1.39 bits per heavy atom. The Bertz CT molecular complexity index is 620. The van der Waals surface area contributed by atoms with E-state index in [1.807, 2.05) is 26.0 Å². The highest BCUT2D eigenvalue weighted by Crippen LogP contribution is 2.23. The van der Waals surface area contributed by atoms with E-state index in [1.54, 1.807) is 23.1 Å².